The monoisotopic (exact) mass is 362 g/mol. The molecular formula is C17H18N2O5S. The number of non-ortho nitro benzene ring substituents is 1. The van der Waals surface area contributed by atoms with E-state index in [-0.39, 0.29) is 18.2 Å². The minimum Gasteiger partial charge on any atom is -0.451 e. The molecule has 0 radical (unpaired) electrons. The lowest BCUT2D eigenvalue weighted by Gasteiger charge is -2.30. The van der Waals surface area contributed by atoms with Crippen LogP contribution >= 0.6 is 11.3 Å². The second-order valence-corrected chi connectivity index (χ2v) is 7.34. The molecule has 0 bridgehead atoms. The summed E-state index contributed by atoms with van der Waals surface area (Å²) in [6.45, 7) is 3.22. The molecule has 8 heteroatoms. The van der Waals surface area contributed by atoms with E-state index in [9.17, 15) is 19.7 Å². The first-order valence-corrected chi connectivity index (χ1v) is 8.88. The van der Waals surface area contributed by atoms with E-state index in [4.69, 9.17) is 4.74 Å². The first-order valence-electron chi connectivity index (χ1n) is 8.07. The van der Waals surface area contributed by atoms with Crippen molar-refractivity contribution in [3.8, 4) is 0 Å². The molecule has 2 heterocycles. The second-order valence-electron chi connectivity index (χ2n) is 6.25. The predicted octanol–water partition coefficient (Wildman–Crippen LogP) is 3.22. The van der Waals surface area contributed by atoms with Gasteiger partial charge in [0.1, 0.15) is 4.88 Å². The molecule has 132 valence electrons. The van der Waals surface area contributed by atoms with Crippen molar-refractivity contribution in [3.05, 3.63) is 39.3 Å². The van der Waals surface area contributed by atoms with Crippen LogP contribution in [0.5, 0.6) is 0 Å². The van der Waals surface area contributed by atoms with Gasteiger partial charge in [-0.1, -0.05) is 6.92 Å². The number of esters is 1. The number of nitro groups is 1. The molecule has 1 aromatic carbocycles. The maximum Gasteiger partial charge on any atom is 0.348 e. The number of amides is 1. The Labute approximate surface area is 148 Å². The van der Waals surface area contributed by atoms with E-state index < -0.39 is 10.9 Å². The largest absolute Gasteiger partial charge is 0.451 e. The number of rotatable bonds is 4. The number of nitrogens with zero attached hydrogens (tertiary/aromatic N) is 2. The van der Waals surface area contributed by atoms with Gasteiger partial charge in [0, 0.05) is 35.3 Å². The molecule has 0 saturated carbocycles. The molecule has 1 fully saturated rings. The number of hydrogen-bond acceptors (Lipinski definition) is 6. The first kappa shape index (κ1) is 17.3. The van der Waals surface area contributed by atoms with Gasteiger partial charge in [-0.25, -0.2) is 4.79 Å². The molecule has 1 amide bonds. The SMILES string of the molecule is C[C@@H]1CCCN(C(=O)COC(=O)c2cc3cc([N+](=O)[O-])ccc3s2)C1. The Bertz CT molecular complexity index is 832. The Hall–Kier alpha value is -2.48. The van der Waals surface area contributed by atoms with E-state index in [0.29, 0.717) is 29.3 Å². The van der Waals surface area contributed by atoms with E-state index in [2.05, 4.69) is 6.92 Å². The second kappa shape index (κ2) is 7.18. The number of hydrogen-bond donors (Lipinski definition) is 0. The quantitative estimate of drug-likeness (QED) is 0.473. The number of likely N-dealkylation sites (tertiary alicyclic amines) is 1. The zero-order valence-corrected chi connectivity index (χ0v) is 14.6. The highest BCUT2D eigenvalue weighted by atomic mass is 32.1. The number of piperidine rings is 1. The first-order chi connectivity index (χ1) is 11.9. The van der Waals surface area contributed by atoms with Crippen molar-refractivity contribution in [3.63, 3.8) is 0 Å². The Kier molecular flexibility index (Phi) is 4.98. The molecule has 1 saturated heterocycles. The van der Waals surface area contributed by atoms with Crippen LogP contribution in [0.2, 0.25) is 0 Å². The summed E-state index contributed by atoms with van der Waals surface area (Å²) in [6, 6.07) is 5.98. The number of benzene rings is 1. The fourth-order valence-electron chi connectivity index (χ4n) is 2.95. The summed E-state index contributed by atoms with van der Waals surface area (Å²) in [5.74, 6) is -0.300. The number of carbonyl (C=O) groups excluding carboxylic acids is 2. The van der Waals surface area contributed by atoms with Gasteiger partial charge in [0.15, 0.2) is 6.61 Å². The predicted molar refractivity (Wildman–Crippen MR) is 93.7 cm³/mol. The van der Waals surface area contributed by atoms with Crippen molar-refractivity contribution in [1.82, 2.24) is 4.90 Å². The standard InChI is InChI=1S/C17H18N2O5S/c1-11-3-2-6-18(9-11)16(20)10-24-17(21)15-8-12-7-13(19(22)23)4-5-14(12)25-15/h4-5,7-8,11H,2-3,6,9-10H2,1H3/t11-/m1/s1. The molecule has 0 aliphatic carbocycles. The van der Waals surface area contributed by atoms with Crippen molar-refractivity contribution in [2.45, 2.75) is 19.8 Å². The van der Waals surface area contributed by atoms with E-state index in [1.165, 1.54) is 23.5 Å². The average molecular weight is 362 g/mol. The number of ether oxygens (including phenoxy) is 1. The Morgan fingerprint density at radius 3 is 2.92 bits per heavy atom. The molecule has 1 aliphatic rings. The van der Waals surface area contributed by atoms with Crippen LogP contribution in [-0.4, -0.2) is 41.4 Å². The van der Waals surface area contributed by atoms with Gasteiger partial charge in [-0.15, -0.1) is 11.3 Å². The lowest BCUT2D eigenvalue weighted by molar-refractivity contribution is -0.384. The number of fused-ring (bicyclic) bond motifs is 1. The van der Waals surface area contributed by atoms with Crippen LogP contribution in [0.25, 0.3) is 10.1 Å². The molecular weight excluding hydrogens is 344 g/mol. The van der Waals surface area contributed by atoms with E-state index in [1.807, 2.05) is 0 Å². The topological polar surface area (TPSA) is 89.8 Å². The molecule has 2 aromatic rings. The summed E-state index contributed by atoms with van der Waals surface area (Å²) < 4.78 is 5.89. The van der Waals surface area contributed by atoms with Gasteiger partial charge in [0.25, 0.3) is 11.6 Å². The molecule has 0 spiro atoms. The van der Waals surface area contributed by atoms with Gasteiger partial charge in [0.2, 0.25) is 0 Å². The molecule has 1 aromatic heterocycles. The van der Waals surface area contributed by atoms with Gasteiger partial charge >= 0.3 is 5.97 Å². The van der Waals surface area contributed by atoms with Crippen molar-refractivity contribution < 1.29 is 19.2 Å². The normalized spacial score (nSPS) is 17.5. The third kappa shape index (κ3) is 3.96. The molecule has 1 aliphatic heterocycles. The third-order valence-corrected chi connectivity index (χ3v) is 5.34. The molecule has 0 N–H and O–H groups in total. The van der Waals surface area contributed by atoms with E-state index >= 15 is 0 Å². The Morgan fingerprint density at radius 1 is 1.40 bits per heavy atom. The fraction of sp³-hybridized carbons (Fsp3) is 0.412. The van der Waals surface area contributed by atoms with Crippen LogP contribution in [0.3, 0.4) is 0 Å². The Morgan fingerprint density at radius 2 is 2.20 bits per heavy atom. The smallest absolute Gasteiger partial charge is 0.348 e. The lowest BCUT2D eigenvalue weighted by Crippen LogP contribution is -2.41. The average Bonchev–Trinajstić information content (AvgIpc) is 3.02. The Balaban J connectivity index is 1.64. The van der Waals surface area contributed by atoms with Gasteiger partial charge < -0.3 is 9.64 Å². The zero-order chi connectivity index (χ0) is 18.0. The van der Waals surface area contributed by atoms with Gasteiger partial charge in [0.05, 0.1) is 4.92 Å². The number of nitro benzene ring substituents is 1. The van der Waals surface area contributed by atoms with E-state index in [0.717, 1.165) is 17.5 Å². The zero-order valence-electron chi connectivity index (χ0n) is 13.8. The molecule has 25 heavy (non-hydrogen) atoms. The lowest BCUT2D eigenvalue weighted by atomic mass is 10.0. The highest BCUT2D eigenvalue weighted by Crippen LogP contribution is 2.29. The molecule has 3 rings (SSSR count). The maximum absolute atomic E-state index is 12.2. The van der Waals surface area contributed by atoms with Crippen molar-refractivity contribution >= 4 is 39.0 Å². The van der Waals surface area contributed by atoms with Crippen LogP contribution in [-0.2, 0) is 9.53 Å². The number of carbonyl (C=O) groups is 2. The van der Waals surface area contributed by atoms with Gasteiger partial charge in [-0.2, -0.15) is 0 Å². The summed E-state index contributed by atoms with van der Waals surface area (Å²) in [5.41, 5.74) is -0.0281. The minimum atomic E-state index is -0.581. The summed E-state index contributed by atoms with van der Waals surface area (Å²) in [5, 5.41) is 11.4. The molecule has 0 unspecified atom stereocenters. The highest BCUT2D eigenvalue weighted by molar-refractivity contribution is 7.20. The molecule has 7 nitrogen and oxygen atoms in total. The van der Waals surface area contributed by atoms with Crippen LogP contribution in [0.15, 0.2) is 24.3 Å². The summed E-state index contributed by atoms with van der Waals surface area (Å²) in [7, 11) is 0. The van der Waals surface area contributed by atoms with E-state index in [1.54, 1.807) is 17.0 Å². The highest BCUT2D eigenvalue weighted by Gasteiger charge is 2.22. The number of thiophene rings is 1. The van der Waals surface area contributed by atoms with Crippen LogP contribution in [0.1, 0.15) is 29.4 Å². The summed E-state index contributed by atoms with van der Waals surface area (Å²) in [4.78, 5) is 36.7. The van der Waals surface area contributed by atoms with Gasteiger partial charge in [-0.3, -0.25) is 14.9 Å². The van der Waals surface area contributed by atoms with Gasteiger partial charge in [-0.05, 0) is 30.9 Å². The fourth-order valence-corrected chi connectivity index (χ4v) is 3.89. The van der Waals surface area contributed by atoms with Crippen molar-refractivity contribution in [2.75, 3.05) is 19.7 Å². The minimum absolute atomic E-state index is 0.0281. The van der Waals surface area contributed by atoms with Crippen molar-refractivity contribution in [1.29, 1.82) is 0 Å². The maximum atomic E-state index is 12.2. The third-order valence-electron chi connectivity index (χ3n) is 4.25. The van der Waals surface area contributed by atoms with Crippen LogP contribution in [0, 0.1) is 16.0 Å². The summed E-state index contributed by atoms with van der Waals surface area (Å²) >= 11 is 1.19. The van der Waals surface area contributed by atoms with Crippen LogP contribution in [0.4, 0.5) is 5.69 Å². The van der Waals surface area contributed by atoms with Crippen LogP contribution < -0.4 is 0 Å². The molecule has 1 atom stereocenters. The van der Waals surface area contributed by atoms with Crippen molar-refractivity contribution in [2.24, 2.45) is 5.92 Å². The summed E-state index contributed by atoms with van der Waals surface area (Å²) in [6.07, 6.45) is 2.08.